The van der Waals surface area contributed by atoms with Gasteiger partial charge in [-0.05, 0) is 30.5 Å². The highest BCUT2D eigenvalue weighted by Gasteiger charge is 2.12. The highest BCUT2D eigenvalue weighted by atomic mass is 14.9. The van der Waals surface area contributed by atoms with Crippen molar-refractivity contribution in [1.29, 1.82) is 5.26 Å². The van der Waals surface area contributed by atoms with Crippen molar-refractivity contribution in [3.63, 3.8) is 0 Å². The summed E-state index contributed by atoms with van der Waals surface area (Å²) in [6.07, 6.45) is 1.04. The second-order valence-electron chi connectivity index (χ2n) is 4.32. The number of nitrogen functional groups attached to an aromatic ring is 1. The van der Waals surface area contributed by atoms with Crippen molar-refractivity contribution in [3.05, 3.63) is 23.8 Å². The number of hydrogen-bond acceptors (Lipinski definition) is 3. The van der Waals surface area contributed by atoms with Gasteiger partial charge >= 0.3 is 0 Å². The molecule has 0 heterocycles. The van der Waals surface area contributed by atoms with Crippen LogP contribution in [0.2, 0.25) is 0 Å². The molecule has 0 aliphatic heterocycles. The lowest BCUT2D eigenvalue weighted by Gasteiger charge is -2.23. The number of nitriles is 1. The minimum Gasteiger partial charge on any atom is -0.397 e. The Bertz CT molecular complexity index is 391. The van der Waals surface area contributed by atoms with Gasteiger partial charge in [-0.3, -0.25) is 0 Å². The molecule has 0 radical (unpaired) electrons. The highest BCUT2D eigenvalue weighted by Crippen LogP contribution is 2.23. The van der Waals surface area contributed by atoms with E-state index in [0.717, 1.165) is 12.1 Å². The van der Waals surface area contributed by atoms with Crippen LogP contribution in [0.3, 0.4) is 0 Å². The molecule has 1 unspecified atom stereocenters. The molecule has 0 aliphatic carbocycles. The Morgan fingerprint density at radius 1 is 1.44 bits per heavy atom. The Morgan fingerprint density at radius 3 is 2.62 bits per heavy atom. The number of hydrogen-bond donors (Lipinski definition) is 2. The summed E-state index contributed by atoms with van der Waals surface area (Å²) < 4.78 is 0. The summed E-state index contributed by atoms with van der Waals surface area (Å²) in [5.74, 6) is 0.537. The van der Waals surface area contributed by atoms with Gasteiger partial charge in [-0.15, -0.1) is 0 Å². The Hall–Kier alpha value is -1.69. The SMILES string of the molecule is CCC(Nc1cc(C#N)ccc1N)C(C)C. The van der Waals surface area contributed by atoms with Crippen LogP contribution >= 0.6 is 0 Å². The van der Waals surface area contributed by atoms with Gasteiger partial charge in [-0.1, -0.05) is 20.8 Å². The van der Waals surface area contributed by atoms with Gasteiger partial charge in [0.2, 0.25) is 0 Å². The molecule has 16 heavy (non-hydrogen) atoms. The molecule has 0 saturated heterocycles. The third-order valence-corrected chi connectivity index (χ3v) is 2.77. The summed E-state index contributed by atoms with van der Waals surface area (Å²) in [5, 5.41) is 12.2. The Labute approximate surface area is 97.3 Å². The predicted octanol–water partition coefficient (Wildman–Crippen LogP) is 2.99. The van der Waals surface area contributed by atoms with E-state index in [2.05, 4.69) is 32.2 Å². The van der Waals surface area contributed by atoms with Crippen molar-refractivity contribution in [3.8, 4) is 6.07 Å². The van der Waals surface area contributed by atoms with Crippen LogP contribution in [0.4, 0.5) is 11.4 Å². The molecule has 1 aromatic carbocycles. The van der Waals surface area contributed by atoms with Gasteiger partial charge in [-0.2, -0.15) is 5.26 Å². The van der Waals surface area contributed by atoms with Gasteiger partial charge in [0.25, 0.3) is 0 Å². The number of benzene rings is 1. The first-order chi connectivity index (χ1) is 7.58. The molecule has 0 aliphatic rings. The number of nitrogens with one attached hydrogen (secondary N) is 1. The molecular weight excluding hydrogens is 198 g/mol. The van der Waals surface area contributed by atoms with E-state index in [-0.39, 0.29) is 0 Å². The molecule has 0 bridgehead atoms. The van der Waals surface area contributed by atoms with Crippen LogP contribution in [-0.4, -0.2) is 6.04 Å². The van der Waals surface area contributed by atoms with Crippen molar-refractivity contribution < 1.29 is 0 Å². The average molecular weight is 217 g/mol. The first kappa shape index (κ1) is 12.4. The standard InChI is InChI=1S/C13H19N3/c1-4-12(9(2)3)16-13-7-10(8-14)5-6-11(13)15/h5-7,9,12,16H,4,15H2,1-3H3. The van der Waals surface area contributed by atoms with Crippen LogP contribution in [0.1, 0.15) is 32.8 Å². The van der Waals surface area contributed by atoms with Crippen molar-refractivity contribution in [2.45, 2.75) is 33.2 Å². The first-order valence-electron chi connectivity index (χ1n) is 5.64. The predicted molar refractivity (Wildman–Crippen MR) is 68.1 cm³/mol. The molecule has 3 heteroatoms. The number of rotatable bonds is 4. The normalized spacial score (nSPS) is 12.2. The summed E-state index contributed by atoms with van der Waals surface area (Å²) in [7, 11) is 0. The van der Waals surface area contributed by atoms with Crippen LogP contribution in [-0.2, 0) is 0 Å². The molecule has 1 rings (SSSR count). The molecule has 0 spiro atoms. The molecular formula is C13H19N3. The summed E-state index contributed by atoms with van der Waals surface area (Å²) in [6.45, 7) is 6.49. The van der Waals surface area contributed by atoms with Gasteiger partial charge in [0, 0.05) is 6.04 Å². The van der Waals surface area contributed by atoms with Gasteiger partial charge in [0.1, 0.15) is 0 Å². The molecule has 86 valence electrons. The first-order valence-corrected chi connectivity index (χ1v) is 5.64. The zero-order valence-corrected chi connectivity index (χ0v) is 10.1. The Balaban J connectivity index is 2.91. The van der Waals surface area contributed by atoms with Gasteiger partial charge < -0.3 is 11.1 Å². The van der Waals surface area contributed by atoms with E-state index in [4.69, 9.17) is 11.0 Å². The largest absolute Gasteiger partial charge is 0.397 e. The van der Waals surface area contributed by atoms with Crippen molar-refractivity contribution in [2.24, 2.45) is 5.92 Å². The fourth-order valence-corrected chi connectivity index (χ4v) is 1.69. The van der Waals surface area contributed by atoms with Crippen LogP contribution in [0.5, 0.6) is 0 Å². The second kappa shape index (κ2) is 5.41. The van der Waals surface area contributed by atoms with Gasteiger partial charge in [-0.25, -0.2) is 0 Å². The molecule has 1 aromatic rings. The van der Waals surface area contributed by atoms with E-state index in [1.54, 1.807) is 18.2 Å². The Morgan fingerprint density at radius 2 is 2.12 bits per heavy atom. The fourth-order valence-electron chi connectivity index (χ4n) is 1.69. The second-order valence-corrected chi connectivity index (χ2v) is 4.32. The molecule has 0 fully saturated rings. The van der Waals surface area contributed by atoms with Crippen LogP contribution in [0.15, 0.2) is 18.2 Å². The van der Waals surface area contributed by atoms with Crippen LogP contribution < -0.4 is 11.1 Å². The third-order valence-electron chi connectivity index (χ3n) is 2.77. The average Bonchev–Trinajstić information content (AvgIpc) is 2.27. The van der Waals surface area contributed by atoms with E-state index in [0.29, 0.717) is 23.2 Å². The third kappa shape index (κ3) is 2.90. The zero-order valence-electron chi connectivity index (χ0n) is 10.1. The molecule has 3 nitrogen and oxygen atoms in total. The maximum Gasteiger partial charge on any atom is 0.0992 e. The van der Waals surface area contributed by atoms with E-state index < -0.39 is 0 Å². The molecule has 0 saturated carbocycles. The minimum atomic E-state index is 0.385. The lowest BCUT2D eigenvalue weighted by Crippen LogP contribution is -2.25. The molecule has 3 N–H and O–H groups in total. The number of nitrogens with two attached hydrogens (primary N) is 1. The minimum absolute atomic E-state index is 0.385. The summed E-state index contributed by atoms with van der Waals surface area (Å²) >= 11 is 0. The summed E-state index contributed by atoms with van der Waals surface area (Å²) in [6, 6.07) is 7.82. The van der Waals surface area contributed by atoms with Crippen molar-refractivity contribution in [2.75, 3.05) is 11.1 Å². The highest BCUT2D eigenvalue weighted by molar-refractivity contribution is 5.68. The lowest BCUT2D eigenvalue weighted by atomic mass is 10.0. The van der Waals surface area contributed by atoms with Crippen molar-refractivity contribution in [1.82, 2.24) is 0 Å². The summed E-state index contributed by atoms with van der Waals surface area (Å²) in [5.41, 5.74) is 8.06. The maximum atomic E-state index is 8.83. The fraction of sp³-hybridized carbons (Fsp3) is 0.462. The van der Waals surface area contributed by atoms with E-state index in [1.165, 1.54) is 0 Å². The van der Waals surface area contributed by atoms with Crippen LogP contribution in [0.25, 0.3) is 0 Å². The number of nitrogens with zero attached hydrogens (tertiary/aromatic N) is 1. The van der Waals surface area contributed by atoms with E-state index >= 15 is 0 Å². The molecule has 0 amide bonds. The maximum absolute atomic E-state index is 8.83. The quantitative estimate of drug-likeness (QED) is 0.762. The molecule has 0 aromatic heterocycles. The topological polar surface area (TPSA) is 61.8 Å². The lowest BCUT2D eigenvalue weighted by molar-refractivity contribution is 0.511. The van der Waals surface area contributed by atoms with Gasteiger partial charge in [0.15, 0.2) is 0 Å². The Kier molecular flexibility index (Phi) is 4.19. The van der Waals surface area contributed by atoms with E-state index in [1.807, 2.05) is 0 Å². The monoisotopic (exact) mass is 217 g/mol. The van der Waals surface area contributed by atoms with Gasteiger partial charge in [0.05, 0.1) is 23.0 Å². The number of anilines is 2. The molecule has 1 atom stereocenters. The summed E-state index contributed by atoms with van der Waals surface area (Å²) in [4.78, 5) is 0. The zero-order chi connectivity index (χ0) is 12.1. The smallest absolute Gasteiger partial charge is 0.0992 e. The van der Waals surface area contributed by atoms with Crippen molar-refractivity contribution >= 4 is 11.4 Å². The van der Waals surface area contributed by atoms with E-state index in [9.17, 15) is 0 Å². The van der Waals surface area contributed by atoms with Crippen LogP contribution in [0, 0.1) is 17.2 Å².